The molecule has 1 aromatic carbocycles. The van der Waals surface area contributed by atoms with E-state index in [2.05, 4.69) is 4.98 Å². The van der Waals surface area contributed by atoms with Crippen LogP contribution in [0, 0.1) is 0 Å². The molecule has 2 aromatic rings. The van der Waals surface area contributed by atoms with Gasteiger partial charge in [-0.3, -0.25) is 0 Å². The fraction of sp³-hybridized carbons (Fsp3) is 0.500. The molecule has 0 aliphatic rings. The molecule has 0 bridgehead atoms. The fourth-order valence-corrected chi connectivity index (χ4v) is 2.74. The lowest BCUT2D eigenvalue weighted by molar-refractivity contribution is 0.0423. The predicted molar refractivity (Wildman–Crippen MR) is 129 cm³/mol. The minimum absolute atomic E-state index is 0.258. The van der Waals surface area contributed by atoms with Crippen molar-refractivity contribution in [2.75, 3.05) is 10.6 Å². The Balaban J connectivity index is 2.74. The normalized spacial score (nSPS) is 12.1. The number of nitrogen functional groups attached to an aromatic ring is 1. The van der Waals surface area contributed by atoms with Crippen molar-refractivity contribution in [3.63, 3.8) is 0 Å². The van der Waals surface area contributed by atoms with Crippen LogP contribution in [0.25, 0.3) is 11.3 Å². The summed E-state index contributed by atoms with van der Waals surface area (Å²) in [6.07, 6.45) is -1.63. The zero-order valence-electron chi connectivity index (χ0n) is 21.3. The smallest absolute Gasteiger partial charge is 0.427 e. The molecule has 0 saturated heterocycles. The van der Waals surface area contributed by atoms with Crippen LogP contribution in [0.4, 0.5) is 26.0 Å². The molecule has 0 atom stereocenters. The van der Waals surface area contributed by atoms with E-state index < -0.39 is 35.1 Å². The van der Waals surface area contributed by atoms with Crippen LogP contribution in [0.2, 0.25) is 0 Å². The molecule has 10 heteroatoms. The number of amides is 2. The molecule has 0 fully saturated rings. The Bertz CT molecular complexity index is 1040. The number of benzene rings is 1. The minimum Gasteiger partial charge on any atom is -0.443 e. The zero-order valence-corrected chi connectivity index (χ0v) is 21.3. The van der Waals surface area contributed by atoms with Crippen molar-refractivity contribution in [2.45, 2.75) is 79.1 Å². The van der Waals surface area contributed by atoms with Gasteiger partial charge in [-0.25, -0.2) is 23.9 Å². The highest BCUT2D eigenvalue weighted by atomic mass is 16.6. The van der Waals surface area contributed by atoms with Crippen molar-refractivity contribution in [2.24, 2.45) is 0 Å². The zero-order chi connectivity index (χ0) is 26.1. The van der Waals surface area contributed by atoms with Crippen LogP contribution in [0.1, 0.15) is 62.3 Å². The van der Waals surface area contributed by atoms with Gasteiger partial charge >= 0.3 is 18.3 Å². The van der Waals surface area contributed by atoms with E-state index in [9.17, 15) is 14.4 Å². The first-order valence-corrected chi connectivity index (χ1v) is 10.8. The molecule has 10 nitrogen and oxygen atoms in total. The van der Waals surface area contributed by atoms with E-state index >= 15 is 0 Å². The highest BCUT2D eigenvalue weighted by Gasteiger charge is 2.38. The average Bonchev–Trinajstić information content (AvgIpc) is 3.01. The van der Waals surface area contributed by atoms with E-state index in [4.69, 9.17) is 19.9 Å². The molecule has 2 amide bonds. The number of ether oxygens (including phenoxy) is 3. The first kappa shape index (κ1) is 26.7. The second kappa shape index (κ2) is 9.36. The topological polar surface area (TPSA) is 126 Å². The van der Waals surface area contributed by atoms with Crippen LogP contribution in [0.3, 0.4) is 0 Å². The molecule has 0 saturated carbocycles. The second-order valence-corrected chi connectivity index (χ2v) is 10.7. The summed E-state index contributed by atoms with van der Waals surface area (Å²) in [7, 11) is 0. The number of hydrogen-bond donors (Lipinski definition) is 1. The minimum atomic E-state index is -1.06. The first-order chi connectivity index (χ1) is 15.4. The molecule has 1 heterocycles. The first-order valence-electron chi connectivity index (χ1n) is 10.8. The molecular weight excluding hydrogens is 440 g/mol. The van der Waals surface area contributed by atoms with Crippen LogP contribution >= 0.6 is 0 Å². The van der Waals surface area contributed by atoms with Gasteiger partial charge in [0.2, 0.25) is 5.95 Å². The Hall–Kier alpha value is -3.56. The molecule has 2 N–H and O–H groups in total. The van der Waals surface area contributed by atoms with E-state index in [1.54, 1.807) is 86.6 Å². The van der Waals surface area contributed by atoms with Crippen molar-refractivity contribution in [3.05, 3.63) is 30.5 Å². The number of imide groups is 1. The second-order valence-electron chi connectivity index (χ2n) is 10.7. The molecular formula is C24H34N4O6. The van der Waals surface area contributed by atoms with Gasteiger partial charge in [0, 0.05) is 11.3 Å². The summed E-state index contributed by atoms with van der Waals surface area (Å²) in [5.41, 5.74) is 4.42. The van der Waals surface area contributed by atoms with Gasteiger partial charge in [0.25, 0.3) is 0 Å². The number of imidazole rings is 1. The number of aromatic nitrogens is 2. The molecule has 0 aliphatic heterocycles. The summed E-state index contributed by atoms with van der Waals surface area (Å²) in [4.78, 5) is 44.3. The third kappa shape index (κ3) is 7.23. The molecule has 0 aliphatic carbocycles. The number of carbonyl (C=O) groups is 3. The number of rotatable bonds is 2. The third-order valence-corrected chi connectivity index (χ3v) is 3.85. The van der Waals surface area contributed by atoms with E-state index in [0.717, 1.165) is 4.57 Å². The lowest BCUT2D eigenvalue weighted by atomic mass is 10.1. The number of carbonyl (C=O) groups excluding carboxylic acids is 3. The molecule has 2 rings (SSSR count). The van der Waals surface area contributed by atoms with Crippen molar-refractivity contribution < 1.29 is 28.6 Å². The molecule has 186 valence electrons. The highest BCUT2D eigenvalue weighted by molar-refractivity contribution is 6.09. The number of nitrogens with two attached hydrogens (primary N) is 1. The van der Waals surface area contributed by atoms with Crippen LogP contribution in [-0.4, -0.2) is 44.6 Å². The maximum Gasteiger partial charge on any atom is 0.427 e. The number of hydrogen-bond acceptors (Lipinski definition) is 8. The van der Waals surface area contributed by atoms with E-state index in [1.807, 2.05) is 0 Å². The van der Waals surface area contributed by atoms with Gasteiger partial charge in [-0.05, 0) is 74.4 Å². The molecule has 0 unspecified atom stereocenters. The molecule has 34 heavy (non-hydrogen) atoms. The van der Waals surface area contributed by atoms with Crippen LogP contribution < -0.4 is 10.6 Å². The third-order valence-electron chi connectivity index (χ3n) is 3.85. The van der Waals surface area contributed by atoms with Crippen molar-refractivity contribution in [1.82, 2.24) is 9.55 Å². The summed E-state index contributed by atoms with van der Waals surface area (Å²) in [6.45, 7) is 15.0. The lowest BCUT2D eigenvalue weighted by Crippen LogP contribution is -2.45. The maximum absolute atomic E-state index is 13.3. The lowest BCUT2D eigenvalue weighted by Gasteiger charge is -2.28. The van der Waals surface area contributed by atoms with Crippen molar-refractivity contribution in [3.8, 4) is 11.3 Å². The summed E-state index contributed by atoms with van der Waals surface area (Å²) in [5, 5.41) is 0. The fourth-order valence-electron chi connectivity index (χ4n) is 2.74. The van der Waals surface area contributed by atoms with Gasteiger partial charge in [-0.2, -0.15) is 0 Å². The van der Waals surface area contributed by atoms with E-state index in [-0.39, 0.29) is 11.6 Å². The Labute approximate surface area is 200 Å². The monoisotopic (exact) mass is 474 g/mol. The Kier molecular flexibility index (Phi) is 7.35. The predicted octanol–water partition coefficient (Wildman–Crippen LogP) is 5.59. The average molecular weight is 475 g/mol. The van der Waals surface area contributed by atoms with Gasteiger partial charge in [0.15, 0.2) is 0 Å². The van der Waals surface area contributed by atoms with Gasteiger partial charge in [0.05, 0.1) is 11.9 Å². The Morgan fingerprint density at radius 2 is 1.35 bits per heavy atom. The molecule has 0 spiro atoms. The highest BCUT2D eigenvalue weighted by Crippen LogP contribution is 2.30. The number of anilines is 2. The van der Waals surface area contributed by atoms with Crippen molar-refractivity contribution in [1.29, 1.82) is 0 Å². The van der Waals surface area contributed by atoms with Gasteiger partial charge in [-0.15, -0.1) is 4.90 Å². The summed E-state index contributed by atoms with van der Waals surface area (Å²) < 4.78 is 17.4. The summed E-state index contributed by atoms with van der Waals surface area (Å²) in [5.74, 6) is -0.338. The SMILES string of the molecule is CC(C)(C)OC(=O)N(C(=O)OC(C)(C)C)c1ncc(-c2cccc(N)c2)n1C(=O)OC(C)(C)C. The molecule has 0 radical (unpaired) electrons. The standard InChI is InChI=1S/C24H34N4O6/c1-22(2,3)32-19(29)27-17(15-11-10-12-16(25)13-15)14-26-18(27)28(20(30)33-23(4,5)6)21(31)34-24(7,8)9/h10-14H,25H2,1-9H3. The summed E-state index contributed by atoms with van der Waals surface area (Å²) >= 11 is 0. The van der Waals surface area contributed by atoms with Gasteiger partial charge < -0.3 is 19.9 Å². The molecule has 1 aromatic heterocycles. The van der Waals surface area contributed by atoms with Crippen LogP contribution in [0.15, 0.2) is 30.5 Å². The Morgan fingerprint density at radius 1 is 0.853 bits per heavy atom. The van der Waals surface area contributed by atoms with Gasteiger partial charge in [-0.1, -0.05) is 12.1 Å². The maximum atomic E-state index is 13.3. The summed E-state index contributed by atoms with van der Waals surface area (Å²) in [6, 6.07) is 6.73. The van der Waals surface area contributed by atoms with E-state index in [0.29, 0.717) is 16.2 Å². The Morgan fingerprint density at radius 3 is 1.79 bits per heavy atom. The largest absolute Gasteiger partial charge is 0.443 e. The van der Waals surface area contributed by atoms with Gasteiger partial charge in [0.1, 0.15) is 16.8 Å². The van der Waals surface area contributed by atoms with Crippen LogP contribution in [0.5, 0.6) is 0 Å². The van der Waals surface area contributed by atoms with E-state index in [1.165, 1.54) is 6.20 Å². The number of nitrogens with zero attached hydrogens (tertiary/aromatic N) is 3. The van der Waals surface area contributed by atoms with Crippen molar-refractivity contribution >= 4 is 29.9 Å². The van der Waals surface area contributed by atoms with Crippen LogP contribution in [-0.2, 0) is 14.2 Å². The quantitative estimate of drug-likeness (QED) is 0.441.